The van der Waals surface area contributed by atoms with Gasteiger partial charge in [0.25, 0.3) is 5.91 Å². The van der Waals surface area contributed by atoms with Gasteiger partial charge in [-0.05, 0) is 19.4 Å². The molecule has 1 heterocycles. The van der Waals surface area contributed by atoms with E-state index in [9.17, 15) is 4.79 Å². The molecule has 1 fully saturated rings. The van der Waals surface area contributed by atoms with Crippen LogP contribution in [0.2, 0.25) is 0 Å². The van der Waals surface area contributed by atoms with Crippen LogP contribution in [0.5, 0.6) is 0 Å². The molecule has 1 aromatic rings. The first-order valence-corrected chi connectivity index (χ1v) is 6.32. The Bertz CT molecular complexity index is 456. The predicted molar refractivity (Wildman–Crippen MR) is 72.3 cm³/mol. The molecule has 0 radical (unpaired) electrons. The predicted octanol–water partition coefficient (Wildman–Crippen LogP) is 2.01. The lowest BCUT2D eigenvalue weighted by atomic mass is 10.2. The van der Waals surface area contributed by atoms with Crippen molar-refractivity contribution < 1.29 is 14.3 Å². The van der Waals surface area contributed by atoms with Crippen molar-refractivity contribution in [2.75, 3.05) is 0 Å². The number of nitrogens with one attached hydrogen (secondary N) is 1. The topological polar surface area (TPSA) is 47.6 Å². The Hall–Kier alpha value is -1.65. The molecule has 1 saturated heterocycles. The van der Waals surface area contributed by atoms with Gasteiger partial charge in [0.1, 0.15) is 6.10 Å². The number of carbonyl (C=O) groups excluding carboxylic acids is 1. The number of amides is 1. The summed E-state index contributed by atoms with van der Waals surface area (Å²) in [7, 11) is 0. The second-order valence-electron chi connectivity index (χ2n) is 4.96. The summed E-state index contributed by atoms with van der Waals surface area (Å²) in [6.45, 7) is 7.72. The molecule has 2 atom stereocenters. The maximum atomic E-state index is 12.1. The lowest BCUT2D eigenvalue weighted by Crippen LogP contribution is -2.39. The Labute approximate surface area is 113 Å². The summed E-state index contributed by atoms with van der Waals surface area (Å²) in [5, 5.41) is 2.85. The second kappa shape index (κ2) is 5.55. The monoisotopic (exact) mass is 261 g/mol. The van der Waals surface area contributed by atoms with E-state index in [1.165, 1.54) is 0 Å². The first-order valence-electron chi connectivity index (χ1n) is 6.32. The van der Waals surface area contributed by atoms with Crippen molar-refractivity contribution in [1.29, 1.82) is 0 Å². The number of rotatable bonds is 4. The van der Waals surface area contributed by atoms with Crippen LogP contribution in [-0.2, 0) is 20.8 Å². The fourth-order valence-corrected chi connectivity index (χ4v) is 2.05. The highest BCUT2D eigenvalue weighted by Crippen LogP contribution is 2.28. The zero-order valence-corrected chi connectivity index (χ0v) is 11.3. The average Bonchev–Trinajstić information content (AvgIpc) is 2.72. The average molecular weight is 261 g/mol. The van der Waals surface area contributed by atoms with Gasteiger partial charge in [-0.15, -0.1) is 6.58 Å². The molecule has 2 rings (SSSR count). The van der Waals surface area contributed by atoms with Crippen molar-refractivity contribution >= 4 is 5.91 Å². The van der Waals surface area contributed by atoms with E-state index in [-0.39, 0.29) is 5.91 Å². The molecule has 0 aliphatic carbocycles. The molecule has 1 aromatic carbocycles. The molecule has 4 heteroatoms. The van der Waals surface area contributed by atoms with Crippen LogP contribution in [-0.4, -0.2) is 23.9 Å². The van der Waals surface area contributed by atoms with E-state index in [1.807, 2.05) is 30.3 Å². The highest BCUT2D eigenvalue weighted by molar-refractivity contribution is 5.82. The number of hydrogen-bond donors (Lipinski definition) is 1. The van der Waals surface area contributed by atoms with Gasteiger partial charge in [0.15, 0.2) is 11.9 Å². The van der Waals surface area contributed by atoms with E-state index >= 15 is 0 Å². The molecule has 0 saturated carbocycles. The molecule has 0 aromatic heterocycles. The molecule has 0 spiro atoms. The van der Waals surface area contributed by atoms with Crippen molar-refractivity contribution in [3.05, 3.63) is 48.6 Å². The number of carbonyl (C=O) groups is 1. The fraction of sp³-hybridized carbons (Fsp3) is 0.400. The Morgan fingerprint density at radius 1 is 1.37 bits per heavy atom. The first-order chi connectivity index (χ1) is 9.02. The minimum atomic E-state index is -0.756. The minimum Gasteiger partial charge on any atom is -0.350 e. The van der Waals surface area contributed by atoms with Gasteiger partial charge in [0.2, 0.25) is 0 Å². The van der Waals surface area contributed by atoms with E-state index in [2.05, 4.69) is 11.9 Å². The number of ether oxygens (including phenoxy) is 2. The normalized spacial score (nSPS) is 24.9. The van der Waals surface area contributed by atoms with Crippen LogP contribution < -0.4 is 5.32 Å². The van der Waals surface area contributed by atoms with Gasteiger partial charge in [-0.3, -0.25) is 4.79 Å². The molecule has 4 nitrogen and oxygen atoms in total. The second-order valence-corrected chi connectivity index (χ2v) is 4.96. The van der Waals surface area contributed by atoms with Crippen LogP contribution in [0.15, 0.2) is 43.0 Å². The third kappa shape index (κ3) is 3.43. The Balaban J connectivity index is 1.94. The Kier molecular flexibility index (Phi) is 4.02. The lowest BCUT2D eigenvalue weighted by molar-refractivity contribution is -0.154. The molecule has 1 N–H and O–H groups in total. The Morgan fingerprint density at radius 2 is 2.05 bits per heavy atom. The molecular weight excluding hydrogens is 242 g/mol. The van der Waals surface area contributed by atoms with Crippen LogP contribution in [0, 0.1) is 0 Å². The lowest BCUT2D eigenvalue weighted by Gasteiger charge is -2.16. The van der Waals surface area contributed by atoms with Crippen molar-refractivity contribution in [2.45, 2.75) is 38.4 Å². The number of benzene rings is 1. The zero-order chi connectivity index (χ0) is 13.9. The van der Waals surface area contributed by atoms with Gasteiger partial charge < -0.3 is 14.8 Å². The smallest absolute Gasteiger partial charge is 0.252 e. The molecule has 1 aliphatic heterocycles. The zero-order valence-electron chi connectivity index (χ0n) is 11.3. The van der Waals surface area contributed by atoms with Gasteiger partial charge in [0, 0.05) is 6.54 Å². The van der Waals surface area contributed by atoms with E-state index in [4.69, 9.17) is 9.47 Å². The summed E-state index contributed by atoms with van der Waals surface area (Å²) >= 11 is 0. The van der Waals surface area contributed by atoms with Crippen molar-refractivity contribution in [3.8, 4) is 0 Å². The largest absolute Gasteiger partial charge is 0.350 e. The molecule has 1 amide bonds. The summed E-state index contributed by atoms with van der Waals surface area (Å²) < 4.78 is 11.2. The SMILES string of the molecule is C=C[C@H]1OC(C)(C)O[C@H]1C(=O)NCc1ccccc1. The quantitative estimate of drug-likeness (QED) is 0.843. The summed E-state index contributed by atoms with van der Waals surface area (Å²) in [5.41, 5.74) is 1.05. The first kappa shape index (κ1) is 13.8. The summed E-state index contributed by atoms with van der Waals surface area (Å²) in [4.78, 5) is 12.1. The van der Waals surface area contributed by atoms with Crippen molar-refractivity contribution in [2.24, 2.45) is 0 Å². The number of hydrogen-bond acceptors (Lipinski definition) is 3. The maximum Gasteiger partial charge on any atom is 0.252 e. The summed E-state index contributed by atoms with van der Waals surface area (Å²) in [6.07, 6.45) is 0.545. The van der Waals surface area contributed by atoms with E-state index in [0.29, 0.717) is 6.54 Å². The van der Waals surface area contributed by atoms with Crippen LogP contribution >= 0.6 is 0 Å². The van der Waals surface area contributed by atoms with Gasteiger partial charge in [0.05, 0.1) is 0 Å². The van der Waals surface area contributed by atoms with Gasteiger partial charge in [-0.25, -0.2) is 0 Å². The highest BCUT2D eigenvalue weighted by atomic mass is 16.8. The van der Waals surface area contributed by atoms with Crippen molar-refractivity contribution in [3.63, 3.8) is 0 Å². The third-order valence-electron chi connectivity index (χ3n) is 2.93. The molecule has 1 aliphatic rings. The maximum absolute atomic E-state index is 12.1. The van der Waals surface area contributed by atoms with Gasteiger partial charge >= 0.3 is 0 Å². The summed E-state index contributed by atoms with van der Waals surface area (Å²) in [5.74, 6) is -0.938. The van der Waals surface area contributed by atoms with Gasteiger partial charge in [-0.1, -0.05) is 36.4 Å². The molecule has 102 valence electrons. The van der Waals surface area contributed by atoms with Crippen LogP contribution in [0.25, 0.3) is 0 Å². The van der Waals surface area contributed by atoms with Crippen LogP contribution in [0.1, 0.15) is 19.4 Å². The molecule has 0 bridgehead atoms. The van der Waals surface area contributed by atoms with Crippen LogP contribution in [0.4, 0.5) is 0 Å². The van der Waals surface area contributed by atoms with E-state index in [0.717, 1.165) is 5.56 Å². The highest BCUT2D eigenvalue weighted by Gasteiger charge is 2.43. The van der Waals surface area contributed by atoms with E-state index < -0.39 is 18.0 Å². The molecular formula is C15H19NO3. The van der Waals surface area contributed by atoms with Crippen LogP contribution in [0.3, 0.4) is 0 Å². The Morgan fingerprint density at radius 3 is 2.68 bits per heavy atom. The van der Waals surface area contributed by atoms with Gasteiger partial charge in [-0.2, -0.15) is 0 Å². The fourth-order valence-electron chi connectivity index (χ4n) is 2.05. The standard InChI is InChI=1S/C15H19NO3/c1-4-12-13(19-15(2,3)18-12)14(17)16-10-11-8-6-5-7-9-11/h4-9,12-13H,1,10H2,2-3H3,(H,16,17)/t12-,13-/m1/s1. The molecule has 0 unspecified atom stereocenters. The minimum absolute atomic E-state index is 0.181. The van der Waals surface area contributed by atoms with E-state index in [1.54, 1.807) is 19.9 Å². The molecule has 19 heavy (non-hydrogen) atoms. The third-order valence-corrected chi connectivity index (χ3v) is 2.93. The summed E-state index contributed by atoms with van der Waals surface area (Å²) in [6, 6.07) is 9.73. The van der Waals surface area contributed by atoms with Crippen molar-refractivity contribution in [1.82, 2.24) is 5.32 Å².